The molecule has 1 aliphatic heterocycles. The minimum Gasteiger partial charge on any atom is -0.497 e. The average molecular weight is 499 g/mol. The number of anilines is 1. The van der Waals surface area contributed by atoms with E-state index in [0.717, 1.165) is 40.0 Å². The van der Waals surface area contributed by atoms with Crippen molar-refractivity contribution in [1.29, 1.82) is 0 Å². The lowest BCUT2D eigenvalue weighted by atomic mass is 9.96. The number of ether oxygens (including phenoxy) is 2. The molecule has 7 heteroatoms. The zero-order valence-corrected chi connectivity index (χ0v) is 21.8. The van der Waals surface area contributed by atoms with Gasteiger partial charge in [-0.3, -0.25) is 4.98 Å². The number of hydrogen-bond acceptors (Lipinski definition) is 4. The van der Waals surface area contributed by atoms with E-state index in [-0.39, 0.29) is 12.1 Å². The summed E-state index contributed by atoms with van der Waals surface area (Å²) in [5.41, 5.74) is 6.55. The van der Waals surface area contributed by atoms with E-state index in [9.17, 15) is 0 Å². The first-order valence-electron chi connectivity index (χ1n) is 12.1. The Balaban J connectivity index is 1.62. The van der Waals surface area contributed by atoms with E-state index in [1.807, 2.05) is 49.5 Å². The quantitative estimate of drug-likeness (QED) is 0.312. The van der Waals surface area contributed by atoms with Crippen molar-refractivity contribution in [2.45, 2.75) is 32.9 Å². The molecule has 2 aromatic carbocycles. The van der Waals surface area contributed by atoms with Crippen molar-refractivity contribution in [3.05, 3.63) is 102 Å². The molecule has 3 heterocycles. The van der Waals surface area contributed by atoms with Crippen LogP contribution in [0.15, 0.2) is 79.0 Å². The summed E-state index contributed by atoms with van der Waals surface area (Å²) in [6.45, 7) is 6.92. The molecule has 0 bridgehead atoms. The van der Waals surface area contributed by atoms with Crippen LogP contribution in [0.3, 0.4) is 0 Å². The number of methoxy groups -OCH3 is 1. The van der Waals surface area contributed by atoms with Crippen LogP contribution in [0.4, 0.5) is 5.69 Å². The first-order valence-corrected chi connectivity index (χ1v) is 12.5. The van der Waals surface area contributed by atoms with Gasteiger partial charge in [-0.25, -0.2) is 0 Å². The molecule has 0 saturated carbocycles. The number of rotatable bonds is 7. The third kappa shape index (κ3) is 4.31. The second-order valence-electron chi connectivity index (χ2n) is 8.78. The zero-order chi connectivity index (χ0) is 25.2. The van der Waals surface area contributed by atoms with Gasteiger partial charge in [0.25, 0.3) is 0 Å². The second-order valence-corrected chi connectivity index (χ2v) is 9.17. The van der Waals surface area contributed by atoms with Gasteiger partial charge in [0.15, 0.2) is 5.11 Å². The Morgan fingerprint density at radius 3 is 2.28 bits per heavy atom. The molecule has 0 aliphatic carbocycles. The maximum absolute atomic E-state index is 5.90. The molecule has 2 unspecified atom stereocenters. The first kappa shape index (κ1) is 23.9. The Morgan fingerprint density at radius 2 is 1.64 bits per heavy atom. The largest absolute Gasteiger partial charge is 0.497 e. The summed E-state index contributed by atoms with van der Waals surface area (Å²) >= 11 is 5.90. The van der Waals surface area contributed by atoms with Gasteiger partial charge in [0, 0.05) is 29.0 Å². The van der Waals surface area contributed by atoms with Gasteiger partial charge in [0.1, 0.15) is 11.5 Å². The van der Waals surface area contributed by atoms with E-state index in [1.165, 1.54) is 5.56 Å². The van der Waals surface area contributed by atoms with Crippen molar-refractivity contribution in [2.24, 2.45) is 0 Å². The summed E-state index contributed by atoms with van der Waals surface area (Å²) in [6.07, 6.45) is 1.83. The Morgan fingerprint density at radius 1 is 0.944 bits per heavy atom. The van der Waals surface area contributed by atoms with Crippen molar-refractivity contribution in [3.8, 4) is 17.2 Å². The minimum absolute atomic E-state index is 0.0801. The van der Waals surface area contributed by atoms with Crippen LogP contribution < -0.4 is 19.7 Å². The molecule has 4 aromatic rings. The van der Waals surface area contributed by atoms with E-state index in [0.29, 0.717) is 11.7 Å². The fraction of sp³-hybridized carbons (Fsp3) is 0.241. The summed E-state index contributed by atoms with van der Waals surface area (Å²) in [7, 11) is 1.68. The van der Waals surface area contributed by atoms with Gasteiger partial charge >= 0.3 is 0 Å². The van der Waals surface area contributed by atoms with Crippen LogP contribution in [-0.2, 0) is 0 Å². The predicted octanol–water partition coefficient (Wildman–Crippen LogP) is 6.07. The van der Waals surface area contributed by atoms with Gasteiger partial charge in [0.05, 0.1) is 31.5 Å². The highest BCUT2D eigenvalue weighted by Crippen LogP contribution is 2.44. The first-order chi connectivity index (χ1) is 17.5. The number of aromatic nitrogens is 2. The number of nitrogens with zero attached hydrogens (tertiary/aromatic N) is 3. The van der Waals surface area contributed by atoms with Crippen molar-refractivity contribution in [3.63, 3.8) is 0 Å². The van der Waals surface area contributed by atoms with Gasteiger partial charge in [-0.05, 0) is 105 Å². The van der Waals surface area contributed by atoms with Gasteiger partial charge in [-0.1, -0.05) is 6.07 Å². The molecule has 1 aliphatic rings. The lowest BCUT2D eigenvalue weighted by Crippen LogP contribution is -2.29. The highest BCUT2D eigenvalue weighted by molar-refractivity contribution is 7.80. The molecular formula is C29H30N4O2S. The topological polar surface area (TPSA) is 51.5 Å². The smallest absolute Gasteiger partial charge is 0.174 e. The third-order valence-corrected chi connectivity index (χ3v) is 6.96. The van der Waals surface area contributed by atoms with Gasteiger partial charge in [-0.2, -0.15) is 0 Å². The maximum atomic E-state index is 5.90. The Bertz CT molecular complexity index is 1350. The summed E-state index contributed by atoms with van der Waals surface area (Å²) in [6, 6.07) is 24.3. The Kier molecular flexibility index (Phi) is 6.65. The van der Waals surface area contributed by atoms with E-state index in [1.54, 1.807) is 7.11 Å². The molecule has 1 N–H and O–H groups in total. The Labute approximate surface area is 217 Å². The van der Waals surface area contributed by atoms with E-state index < -0.39 is 0 Å². The zero-order valence-electron chi connectivity index (χ0n) is 20.9. The molecule has 2 atom stereocenters. The van der Waals surface area contributed by atoms with E-state index in [4.69, 9.17) is 21.7 Å². The van der Waals surface area contributed by atoms with Crippen LogP contribution in [0.5, 0.6) is 11.5 Å². The Hall–Kier alpha value is -3.84. The molecule has 0 amide bonds. The molecule has 2 aromatic heterocycles. The standard InChI is InChI=1S/C29H30N4O2S/c1-5-35-24-15-11-22(12-16-24)33-28(27(31-29(33)36)26-8-6-7-17-30-26)25-18-19(2)32(20(25)3)21-9-13-23(34-4)14-10-21/h6-18,27-28H,5H2,1-4H3,(H,31,36). The summed E-state index contributed by atoms with van der Waals surface area (Å²) in [5.74, 6) is 1.68. The van der Waals surface area contributed by atoms with Gasteiger partial charge in [-0.15, -0.1) is 0 Å². The monoisotopic (exact) mass is 498 g/mol. The van der Waals surface area contributed by atoms with E-state index >= 15 is 0 Å². The third-order valence-electron chi connectivity index (χ3n) is 6.64. The second kappa shape index (κ2) is 10.0. The summed E-state index contributed by atoms with van der Waals surface area (Å²) in [5, 5.41) is 4.23. The summed E-state index contributed by atoms with van der Waals surface area (Å²) in [4.78, 5) is 6.88. The van der Waals surface area contributed by atoms with Crippen LogP contribution in [-0.4, -0.2) is 28.4 Å². The maximum Gasteiger partial charge on any atom is 0.174 e. The number of hydrogen-bond donors (Lipinski definition) is 1. The highest BCUT2D eigenvalue weighted by Gasteiger charge is 2.42. The molecule has 0 radical (unpaired) electrons. The normalized spacial score (nSPS) is 17.2. The molecule has 1 fully saturated rings. The van der Waals surface area contributed by atoms with E-state index in [2.05, 4.69) is 70.0 Å². The van der Waals surface area contributed by atoms with Crippen molar-refractivity contribution < 1.29 is 9.47 Å². The van der Waals surface area contributed by atoms with Crippen LogP contribution in [0.1, 0.15) is 41.7 Å². The number of thiocarbonyl (C=S) groups is 1. The molecule has 36 heavy (non-hydrogen) atoms. The fourth-order valence-corrected chi connectivity index (χ4v) is 5.38. The molecule has 184 valence electrons. The van der Waals surface area contributed by atoms with Crippen LogP contribution in [0.2, 0.25) is 0 Å². The SMILES string of the molecule is CCOc1ccc(N2C(=S)NC(c3ccccn3)C2c2cc(C)n(-c3ccc(OC)cc3)c2C)cc1. The van der Waals surface area contributed by atoms with Crippen LogP contribution in [0.25, 0.3) is 5.69 Å². The minimum atomic E-state index is -0.102. The number of pyridine rings is 1. The number of nitrogens with one attached hydrogen (secondary N) is 1. The number of aryl methyl sites for hydroxylation is 1. The van der Waals surface area contributed by atoms with Crippen molar-refractivity contribution in [2.75, 3.05) is 18.6 Å². The highest BCUT2D eigenvalue weighted by atomic mass is 32.1. The van der Waals surface area contributed by atoms with Crippen LogP contribution >= 0.6 is 12.2 Å². The summed E-state index contributed by atoms with van der Waals surface area (Å²) < 4.78 is 13.3. The lowest BCUT2D eigenvalue weighted by Gasteiger charge is -2.28. The number of benzene rings is 2. The van der Waals surface area contributed by atoms with Crippen molar-refractivity contribution >= 4 is 23.0 Å². The molecule has 1 saturated heterocycles. The lowest BCUT2D eigenvalue weighted by molar-refractivity contribution is 0.340. The molecule has 6 nitrogen and oxygen atoms in total. The van der Waals surface area contributed by atoms with Gasteiger partial charge in [0.2, 0.25) is 0 Å². The average Bonchev–Trinajstić information content (AvgIpc) is 3.40. The molecule has 0 spiro atoms. The fourth-order valence-electron chi connectivity index (χ4n) is 5.03. The predicted molar refractivity (Wildman–Crippen MR) is 147 cm³/mol. The molecular weight excluding hydrogens is 468 g/mol. The van der Waals surface area contributed by atoms with Gasteiger partial charge < -0.3 is 24.3 Å². The van der Waals surface area contributed by atoms with Crippen LogP contribution in [0, 0.1) is 13.8 Å². The van der Waals surface area contributed by atoms with Crippen molar-refractivity contribution in [1.82, 2.24) is 14.9 Å². The molecule has 5 rings (SSSR count).